The Labute approximate surface area is 138 Å². The van der Waals surface area contributed by atoms with Crippen LogP contribution in [0.2, 0.25) is 0 Å². The Morgan fingerprint density at radius 2 is 1.91 bits per heavy atom. The number of benzene rings is 1. The average Bonchev–Trinajstić information content (AvgIpc) is 2.93. The van der Waals surface area contributed by atoms with E-state index in [1.807, 2.05) is 0 Å². The summed E-state index contributed by atoms with van der Waals surface area (Å²) in [4.78, 5) is 15.2. The van der Waals surface area contributed by atoms with Gasteiger partial charge in [-0.25, -0.2) is 0 Å². The SMILES string of the molecule is CSc1ccc([C@H]2NC(=O)c3c(sc4c3CCCC4)N2)cc1. The molecule has 2 heterocycles. The van der Waals surface area contributed by atoms with Gasteiger partial charge in [0.1, 0.15) is 11.2 Å². The maximum atomic E-state index is 12.6. The van der Waals surface area contributed by atoms with Gasteiger partial charge in [-0.3, -0.25) is 4.79 Å². The minimum Gasteiger partial charge on any atom is -0.353 e. The van der Waals surface area contributed by atoms with E-state index in [4.69, 9.17) is 0 Å². The van der Waals surface area contributed by atoms with E-state index >= 15 is 0 Å². The predicted octanol–water partition coefficient (Wildman–Crippen LogP) is 4.20. The Morgan fingerprint density at radius 3 is 2.68 bits per heavy atom. The maximum absolute atomic E-state index is 12.6. The minimum atomic E-state index is -0.129. The summed E-state index contributed by atoms with van der Waals surface area (Å²) in [5, 5.41) is 7.68. The topological polar surface area (TPSA) is 41.1 Å². The third-order valence-electron chi connectivity index (χ3n) is 4.40. The lowest BCUT2D eigenvalue weighted by Crippen LogP contribution is -2.38. The van der Waals surface area contributed by atoms with E-state index in [2.05, 4.69) is 41.2 Å². The van der Waals surface area contributed by atoms with Crippen molar-refractivity contribution in [2.75, 3.05) is 11.6 Å². The van der Waals surface area contributed by atoms with Crippen LogP contribution < -0.4 is 10.6 Å². The van der Waals surface area contributed by atoms with Crippen molar-refractivity contribution in [1.82, 2.24) is 5.32 Å². The fraction of sp³-hybridized carbons (Fsp3) is 0.353. The number of rotatable bonds is 2. The highest BCUT2D eigenvalue weighted by Gasteiger charge is 2.31. The molecule has 5 heteroatoms. The number of thioether (sulfide) groups is 1. The third-order valence-corrected chi connectivity index (χ3v) is 6.36. The van der Waals surface area contributed by atoms with Crippen molar-refractivity contribution in [3.8, 4) is 0 Å². The standard InChI is InChI=1S/C17H18N2OS2/c1-21-11-8-6-10(7-9-11)15-18-16(20)14-12-4-2-3-5-13(12)22-17(14)19-15/h6-9,15,19H,2-5H2,1H3,(H,18,20)/t15-/m0/s1. The molecule has 0 fully saturated rings. The van der Waals surface area contributed by atoms with Crippen LogP contribution in [0.5, 0.6) is 0 Å². The van der Waals surface area contributed by atoms with Gasteiger partial charge in [0.05, 0.1) is 5.56 Å². The first-order valence-electron chi connectivity index (χ1n) is 7.62. The molecule has 2 aromatic rings. The molecule has 2 aliphatic rings. The minimum absolute atomic E-state index is 0.0760. The number of fused-ring (bicyclic) bond motifs is 3. The lowest BCUT2D eigenvalue weighted by molar-refractivity contribution is 0.0935. The Kier molecular flexibility index (Phi) is 3.62. The molecular formula is C17H18N2OS2. The summed E-state index contributed by atoms with van der Waals surface area (Å²) in [7, 11) is 0. The molecule has 0 spiro atoms. The summed E-state index contributed by atoms with van der Waals surface area (Å²) in [6.07, 6.45) is 6.55. The van der Waals surface area contributed by atoms with E-state index in [0.717, 1.165) is 29.0 Å². The number of hydrogen-bond acceptors (Lipinski definition) is 4. The van der Waals surface area contributed by atoms with E-state index in [9.17, 15) is 4.79 Å². The van der Waals surface area contributed by atoms with Crippen LogP contribution in [-0.2, 0) is 12.8 Å². The van der Waals surface area contributed by atoms with Gasteiger partial charge in [-0.2, -0.15) is 0 Å². The van der Waals surface area contributed by atoms with Crippen molar-refractivity contribution in [2.45, 2.75) is 36.7 Å². The molecule has 1 aromatic heterocycles. The van der Waals surface area contributed by atoms with Crippen LogP contribution >= 0.6 is 23.1 Å². The van der Waals surface area contributed by atoms with Crippen molar-refractivity contribution < 1.29 is 4.79 Å². The molecule has 3 nitrogen and oxygen atoms in total. The second-order valence-electron chi connectivity index (χ2n) is 5.74. The van der Waals surface area contributed by atoms with Gasteiger partial charge >= 0.3 is 0 Å². The summed E-state index contributed by atoms with van der Waals surface area (Å²) in [5.41, 5.74) is 3.28. The van der Waals surface area contributed by atoms with Gasteiger partial charge < -0.3 is 10.6 Å². The number of hydrogen-bond donors (Lipinski definition) is 2. The zero-order valence-electron chi connectivity index (χ0n) is 12.4. The maximum Gasteiger partial charge on any atom is 0.256 e. The molecule has 0 radical (unpaired) electrons. The first-order valence-corrected chi connectivity index (χ1v) is 9.66. The molecular weight excluding hydrogens is 312 g/mol. The van der Waals surface area contributed by atoms with Crippen LogP contribution in [0.15, 0.2) is 29.2 Å². The molecule has 114 valence electrons. The number of carbonyl (C=O) groups is 1. The summed E-state index contributed by atoms with van der Waals surface area (Å²) in [6, 6.07) is 8.37. The van der Waals surface area contributed by atoms with Crippen molar-refractivity contribution >= 4 is 34.0 Å². The molecule has 0 bridgehead atoms. The van der Waals surface area contributed by atoms with Crippen molar-refractivity contribution in [1.29, 1.82) is 0 Å². The van der Waals surface area contributed by atoms with Crippen molar-refractivity contribution in [3.63, 3.8) is 0 Å². The highest BCUT2D eigenvalue weighted by atomic mass is 32.2. The zero-order valence-corrected chi connectivity index (χ0v) is 14.1. The van der Waals surface area contributed by atoms with E-state index < -0.39 is 0 Å². The molecule has 1 aromatic carbocycles. The first-order chi connectivity index (χ1) is 10.8. The van der Waals surface area contributed by atoms with Crippen LogP contribution in [0.4, 0.5) is 5.00 Å². The molecule has 0 saturated heterocycles. The molecule has 1 amide bonds. The van der Waals surface area contributed by atoms with Crippen LogP contribution in [0.25, 0.3) is 0 Å². The molecule has 4 rings (SSSR count). The summed E-state index contributed by atoms with van der Waals surface area (Å²) in [5.74, 6) is 0.0760. The molecule has 1 aliphatic carbocycles. The highest BCUT2D eigenvalue weighted by Crippen LogP contribution is 2.41. The largest absolute Gasteiger partial charge is 0.353 e. The van der Waals surface area contributed by atoms with Crippen LogP contribution in [0.1, 0.15) is 45.4 Å². The van der Waals surface area contributed by atoms with E-state index in [1.54, 1.807) is 23.1 Å². The van der Waals surface area contributed by atoms with E-state index in [1.165, 1.54) is 28.2 Å². The number of anilines is 1. The number of aryl methyl sites for hydroxylation is 1. The van der Waals surface area contributed by atoms with Crippen LogP contribution in [0, 0.1) is 0 Å². The second-order valence-corrected chi connectivity index (χ2v) is 7.72. The van der Waals surface area contributed by atoms with Crippen LogP contribution in [-0.4, -0.2) is 12.2 Å². The van der Waals surface area contributed by atoms with Crippen LogP contribution in [0.3, 0.4) is 0 Å². The van der Waals surface area contributed by atoms with Gasteiger partial charge in [-0.1, -0.05) is 12.1 Å². The summed E-state index contributed by atoms with van der Waals surface area (Å²) in [6.45, 7) is 0. The quantitative estimate of drug-likeness (QED) is 0.811. The summed E-state index contributed by atoms with van der Waals surface area (Å²) < 4.78 is 0. The number of carbonyl (C=O) groups excluding carboxylic acids is 1. The number of amides is 1. The van der Waals surface area contributed by atoms with Gasteiger partial charge in [-0.15, -0.1) is 23.1 Å². The molecule has 1 aliphatic heterocycles. The Hall–Kier alpha value is -1.46. The molecule has 0 unspecified atom stereocenters. The lowest BCUT2D eigenvalue weighted by atomic mass is 9.94. The van der Waals surface area contributed by atoms with Gasteiger partial charge in [0.2, 0.25) is 0 Å². The van der Waals surface area contributed by atoms with E-state index in [0.29, 0.717) is 0 Å². The zero-order chi connectivity index (χ0) is 15.1. The molecule has 0 saturated carbocycles. The monoisotopic (exact) mass is 330 g/mol. The average molecular weight is 330 g/mol. The normalized spacial score (nSPS) is 19.9. The summed E-state index contributed by atoms with van der Waals surface area (Å²) >= 11 is 3.50. The number of thiophene rings is 1. The third kappa shape index (κ3) is 2.32. The van der Waals surface area contributed by atoms with Gasteiger partial charge in [0.25, 0.3) is 5.91 Å². The van der Waals surface area contributed by atoms with Crippen molar-refractivity contribution in [3.05, 3.63) is 45.8 Å². The fourth-order valence-electron chi connectivity index (χ4n) is 3.24. The smallest absolute Gasteiger partial charge is 0.256 e. The first kappa shape index (κ1) is 14.2. The molecule has 22 heavy (non-hydrogen) atoms. The predicted molar refractivity (Wildman–Crippen MR) is 93.0 cm³/mol. The van der Waals surface area contributed by atoms with Crippen molar-refractivity contribution in [2.24, 2.45) is 0 Å². The highest BCUT2D eigenvalue weighted by molar-refractivity contribution is 7.98. The Morgan fingerprint density at radius 1 is 1.14 bits per heavy atom. The van der Waals surface area contributed by atoms with Gasteiger partial charge in [0.15, 0.2) is 0 Å². The molecule has 2 N–H and O–H groups in total. The number of nitrogens with one attached hydrogen (secondary N) is 2. The lowest BCUT2D eigenvalue weighted by Gasteiger charge is -2.27. The van der Waals surface area contributed by atoms with E-state index in [-0.39, 0.29) is 12.1 Å². The Balaban J connectivity index is 1.66. The Bertz CT molecular complexity index is 721. The van der Waals surface area contributed by atoms with Gasteiger partial charge in [-0.05, 0) is 55.2 Å². The van der Waals surface area contributed by atoms with Gasteiger partial charge in [0, 0.05) is 9.77 Å². The second kappa shape index (κ2) is 5.63. The molecule has 1 atom stereocenters. The fourth-order valence-corrected chi connectivity index (χ4v) is 4.96.